The predicted molar refractivity (Wildman–Crippen MR) is 527 cm³/mol. The Labute approximate surface area is 785 Å². The number of sulfone groups is 2. The zero-order valence-electron chi connectivity index (χ0n) is 89.9. The molecule has 128 heavy (non-hydrogen) atoms. The van der Waals surface area contributed by atoms with E-state index in [1.54, 1.807) is 0 Å². The van der Waals surface area contributed by atoms with Gasteiger partial charge in [0, 0.05) is 30.8 Å². The van der Waals surface area contributed by atoms with Gasteiger partial charge in [0.1, 0.15) is 15.4 Å². The van der Waals surface area contributed by atoms with Gasteiger partial charge in [-0.25, -0.2) is 21.6 Å². The van der Waals surface area contributed by atoms with Crippen molar-refractivity contribution in [3.8, 4) is 0 Å². The van der Waals surface area contributed by atoms with E-state index < -0.39 is 37.0 Å². The number of aliphatic hydroxyl groups is 5. The normalized spacial score (nSPS) is 25.3. The molecule has 0 radical (unpaired) electrons. The smallest absolute Gasteiger partial charge is 0.438 e. The van der Waals surface area contributed by atoms with Crippen LogP contribution in [0.15, 0.2) is 9.32 Å². The first-order chi connectivity index (χ1) is 56.9. The van der Waals surface area contributed by atoms with Crippen molar-refractivity contribution in [1.29, 1.82) is 0 Å². The number of aliphatic carboxylic acids is 1. The van der Waals surface area contributed by atoms with Crippen molar-refractivity contribution in [1.82, 2.24) is 10.1 Å². The Hall–Kier alpha value is -2.63. The van der Waals surface area contributed by atoms with E-state index in [0.717, 1.165) is 159 Å². The Morgan fingerprint density at radius 3 is 1.02 bits per heavy atom. The third-order valence-electron chi connectivity index (χ3n) is 27.4. The second kappa shape index (κ2) is 48.1. The molecule has 7 N–H and O–H groups in total. The molecule has 4 saturated heterocycles. The van der Waals surface area contributed by atoms with Gasteiger partial charge >= 0.3 is 17.9 Å². The van der Waals surface area contributed by atoms with Gasteiger partial charge in [0.15, 0.2) is 15.7 Å². The molecule has 758 valence electrons. The minimum absolute atomic E-state index is 0.00854. The van der Waals surface area contributed by atoms with Crippen LogP contribution in [-0.4, -0.2) is 161 Å². The number of ether oxygens (including phenoxy) is 3. The minimum atomic E-state index is -2.76. The van der Waals surface area contributed by atoms with E-state index in [0.29, 0.717) is 86.2 Å². The molecular weight excluding hydrogens is 1650 g/mol. The van der Waals surface area contributed by atoms with E-state index in [1.807, 2.05) is 13.8 Å². The Bertz CT molecular complexity index is 3590. The number of rotatable bonds is 9. The fraction of sp³-hybridized carbons (Fsp3) is 0.962. The van der Waals surface area contributed by atoms with Crippen LogP contribution in [0.2, 0.25) is 0 Å². The number of hydrogen-bond acceptors (Lipinski definition) is 18. The lowest BCUT2D eigenvalue weighted by Crippen LogP contribution is -2.51. The van der Waals surface area contributed by atoms with Gasteiger partial charge in [0.2, 0.25) is 0 Å². The quantitative estimate of drug-likeness (QED) is 0.121. The Morgan fingerprint density at radius 1 is 0.461 bits per heavy atom. The minimum Gasteiger partial charge on any atom is -0.481 e. The highest BCUT2D eigenvalue weighted by molar-refractivity contribution is 7.92. The summed E-state index contributed by atoms with van der Waals surface area (Å²) in [5.74, 6) is 5.48. The van der Waals surface area contributed by atoms with Crippen molar-refractivity contribution in [2.75, 3.05) is 57.4 Å². The van der Waals surface area contributed by atoms with Crippen molar-refractivity contribution < 1.29 is 80.6 Å². The zero-order valence-corrected chi connectivity index (χ0v) is 91.5. The van der Waals surface area contributed by atoms with Crippen molar-refractivity contribution in [2.24, 2.45) is 118 Å². The molecule has 1 spiro atoms. The number of carbonyl (C=O) groups excluding carboxylic acids is 2. The van der Waals surface area contributed by atoms with Crippen LogP contribution in [0.4, 0.5) is 0 Å². The summed E-state index contributed by atoms with van der Waals surface area (Å²) < 4.78 is 63.6. The summed E-state index contributed by atoms with van der Waals surface area (Å²) in [4.78, 5) is 40.1. The van der Waals surface area contributed by atoms with Gasteiger partial charge in [-0.2, -0.15) is 9.59 Å². The van der Waals surface area contributed by atoms with Crippen LogP contribution in [-0.2, 0) is 53.7 Å². The SMILES string of the molecule is CC(C)(C)C1CC(C(=O)O)C1.CC(C)(C)C1CC(O)C1.CC(C)(C)C1CC(S(C)(=O)=O)C1.CC(C)(C)C1CC12CCOCC2.CC(C)(C)C1COC1.CC(C)(C)C1CS(=O)(=O)C1.CC(C)(C)CC(C)(C)c1noc(=O)[nH]1.CC(C)(C)CC1(O)CC1.CC(C)(C)CC1(O)CCC1.CC(C)(C)CC1(O)CCCCC1.CC(C)(C)CC1(O)COC1.CC(C)(C)CC1CC1.O=C=O. The first-order valence-electron chi connectivity index (χ1n) is 49.4. The van der Waals surface area contributed by atoms with Crippen LogP contribution in [0.5, 0.6) is 0 Å². The molecule has 4 aliphatic heterocycles. The van der Waals surface area contributed by atoms with Crippen LogP contribution < -0.4 is 5.76 Å². The van der Waals surface area contributed by atoms with E-state index >= 15 is 0 Å². The maximum Gasteiger partial charge on any atom is 0.438 e. The second-order valence-electron chi connectivity index (χ2n) is 56.2. The summed E-state index contributed by atoms with van der Waals surface area (Å²) in [7, 11) is -5.37. The monoisotopic (exact) mass is 1860 g/mol. The average molecular weight is 1860 g/mol. The lowest BCUT2D eigenvalue weighted by atomic mass is 9.63. The van der Waals surface area contributed by atoms with Gasteiger partial charge in [0.05, 0.1) is 72.0 Å². The van der Waals surface area contributed by atoms with Crippen LogP contribution in [0.25, 0.3) is 0 Å². The number of aromatic nitrogens is 2. The molecule has 0 amide bonds. The Morgan fingerprint density at radius 2 is 0.820 bits per heavy atom. The lowest BCUT2D eigenvalue weighted by Gasteiger charge is -2.42. The van der Waals surface area contributed by atoms with Gasteiger partial charge in [-0.1, -0.05) is 300 Å². The molecule has 20 nitrogen and oxygen atoms in total. The number of nitrogens with zero attached hydrogens (tertiary/aromatic N) is 1. The topological polar surface area (TPSA) is 327 Å². The predicted octanol–water partition coefficient (Wildman–Crippen LogP) is 24.3. The molecule has 0 bridgehead atoms. The summed E-state index contributed by atoms with van der Waals surface area (Å²) in [5, 5.41) is 60.3. The van der Waals surface area contributed by atoms with Gasteiger partial charge in [0.25, 0.3) is 0 Å². The number of carboxylic acid groups (broad SMARTS) is 1. The highest BCUT2D eigenvalue weighted by Crippen LogP contribution is 2.66. The van der Waals surface area contributed by atoms with E-state index in [2.05, 4.69) is 264 Å². The van der Waals surface area contributed by atoms with E-state index in [9.17, 15) is 46.9 Å². The summed E-state index contributed by atoms with van der Waals surface area (Å²) in [6.45, 7) is 88.6. The standard InChI is InChI=1S/C11H20O.C11H22O.C10H18N2O2.C9H18O2S.C9H16O2.C9H18O.C8H16O2.2C8H16O.C8H16.C7H14O2S.C7H14O.CO2/c1-10(2,3)9-8-11(9)4-6-12-7-5-11;1-10(2,3)9-11(12)7-5-4-6-8-11;1-9(2,3)6-10(4,5)7-11-8(13)14-12-7;1-9(2,3)7-5-8(6-7)12(4,10)11;1-9(2,3)7-4-6(5-7)8(10)11;1-8(2,3)7-9(10)5-4-6-9;1-7(2,3)4-8(9)5-10-6-8;1-8(2,3)6-4-7(9)5-6;1-7(2,3)6-8(9)4-5-8;1-8(2,3)6-7-4-5-7;1-7(2,3)6-4-10(8,9)5-6;1-7(2,3)6-4-8-5-6;2-1-3/h9H,4-8H2,1-3H3;12H,4-9H2,1-3H3;6H2,1-5H3,(H,11,12,13);7-8H,5-6H2,1-4H3;6-7H,4-5H2,1-3H3,(H,10,11);10H,4-7H2,1-3H3;9H,4-6H2,1-3H3;6-7,9H,4-5H2,1-3H3;9H,4-6H2,1-3H3;7H,4-6H2,1-3H3;6H,4-5H2,1-3H3;6H,4-5H2,1-3H3;. The third kappa shape index (κ3) is 53.2. The van der Waals surface area contributed by atoms with E-state index in [-0.39, 0.29) is 78.1 Å². The fourth-order valence-corrected chi connectivity index (χ4v) is 22.4. The number of H-pyrrole nitrogens is 1. The number of carboxylic acids is 1. The first kappa shape index (κ1) is 123. The summed E-state index contributed by atoms with van der Waals surface area (Å²) in [5.41, 5.74) is 3.13. The number of hydrogen-bond donors (Lipinski definition) is 7. The van der Waals surface area contributed by atoms with Crippen molar-refractivity contribution in [3.63, 3.8) is 0 Å². The molecule has 1 aromatic rings. The maximum atomic E-state index is 11.1. The first-order valence-corrected chi connectivity index (χ1v) is 53.2. The number of aliphatic hydroxyl groups excluding tert-OH is 1. The molecule has 12 fully saturated rings. The fourth-order valence-electron chi connectivity index (χ4n) is 19.1. The van der Waals surface area contributed by atoms with Gasteiger partial charge in [-0.05, 0) is 247 Å². The maximum absolute atomic E-state index is 11.1. The molecule has 22 heteroatoms. The van der Waals surface area contributed by atoms with Crippen LogP contribution in [0.1, 0.15) is 442 Å². The van der Waals surface area contributed by atoms with Crippen molar-refractivity contribution in [2.45, 2.75) is 476 Å². The number of carbonyl (C=O) groups is 1. The molecular formula is C106H204N2O18S2. The average Bonchev–Trinajstić information content (AvgIpc) is 1.55. The highest BCUT2D eigenvalue weighted by Gasteiger charge is 2.59. The van der Waals surface area contributed by atoms with Gasteiger partial charge < -0.3 is 44.8 Å². The molecule has 8 aliphatic carbocycles. The van der Waals surface area contributed by atoms with Crippen molar-refractivity contribution >= 4 is 31.8 Å². The Kier molecular flexibility index (Phi) is 46.4. The highest BCUT2D eigenvalue weighted by atomic mass is 32.2. The largest absolute Gasteiger partial charge is 0.481 e. The molecule has 13 rings (SSSR count). The molecule has 8 saturated carbocycles. The molecule has 5 heterocycles. The van der Waals surface area contributed by atoms with Crippen LogP contribution >= 0.6 is 0 Å². The summed E-state index contributed by atoms with van der Waals surface area (Å²) in [6.07, 6.45) is 31.3. The number of nitrogens with one attached hydrogen (secondary N) is 1. The number of aromatic amines is 1. The third-order valence-corrected chi connectivity index (χ3v) is 30.8. The second-order valence-corrected chi connectivity index (χ2v) is 60.7. The molecule has 1 atom stereocenters. The van der Waals surface area contributed by atoms with Crippen LogP contribution in [0, 0.1) is 118 Å². The van der Waals surface area contributed by atoms with E-state index in [1.165, 1.54) is 70.5 Å². The summed E-state index contributed by atoms with van der Waals surface area (Å²) >= 11 is 0. The Balaban J connectivity index is 0.000000698. The molecule has 1 aromatic heterocycles. The van der Waals surface area contributed by atoms with Crippen LogP contribution in [0.3, 0.4) is 0 Å². The lowest BCUT2D eigenvalue weighted by molar-refractivity contribution is -0.192. The molecule has 0 aromatic carbocycles. The van der Waals surface area contributed by atoms with Crippen molar-refractivity contribution in [3.05, 3.63) is 16.4 Å². The summed E-state index contributed by atoms with van der Waals surface area (Å²) in [6, 6.07) is 0. The zero-order chi connectivity index (χ0) is 100. The van der Waals surface area contributed by atoms with E-state index in [4.69, 9.17) is 34.0 Å². The molecule has 12 aliphatic rings. The van der Waals surface area contributed by atoms with Gasteiger partial charge in [-0.15, -0.1) is 0 Å². The molecule has 1 unspecified atom stereocenters. The van der Waals surface area contributed by atoms with Gasteiger partial charge in [-0.3, -0.25) is 14.3 Å².